The maximum Gasteiger partial charge on any atom is 0.243 e. The molecule has 2 aliphatic rings. The van der Waals surface area contributed by atoms with Gasteiger partial charge in [0.15, 0.2) is 0 Å². The summed E-state index contributed by atoms with van der Waals surface area (Å²) in [6.45, 7) is 8.91. The van der Waals surface area contributed by atoms with Gasteiger partial charge in [-0.25, -0.2) is 9.67 Å². The Bertz CT molecular complexity index is 1430. The lowest BCUT2D eigenvalue weighted by molar-refractivity contribution is -0.142. The molecule has 0 unspecified atom stereocenters. The van der Waals surface area contributed by atoms with Crippen molar-refractivity contribution in [3.8, 4) is 0 Å². The molecule has 43 heavy (non-hydrogen) atoms. The quantitative estimate of drug-likeness (QED) is 0.412. The first-order chi connectivity index (χ1) is 20.7. The monoisotopic (exact) mass is 592 g/mol. The molecule has 3 amide bonds. The van der Waals surface area contributed by atoms with Crippen LogP contribution >= 0.6 is 0 Å². The lowest BCUT2D eigenvalue weighted by Crippen LogP contribution is -2.54. The number of para-hydroxylation sites is 1. The van der Waals surface area contributed by atoms with Crippen molar-refractivity contribution in [3.63, 3.8) is 0 Å². The zero-order valence-electron chi connectivity index (χ0n) is 25.6. The number of H-pyrrole nitrogens is 1. The van der Waals surface area contributed by atoms with E-state index in [1.54, 1.807) is 0 Å². The number of hydrogen-bond acceptors (Lipinski definition) is 7. The Morgan fingerprint density at radius 1 is 1.09 bits per heavy atom. The van der Waals surface area contributed by atoms with Gasteiger partial charge in [0.05, 0.1) is 25.8 Å². The third-order valence-corrected chi connectivity index (χ3v) is 8.30. The van der Waals surface area contributed by atoms with E-state index in [4.69, 9.17) is 9.72 Å². The number of morpholine rings is 1. The molecule has 1 aromatic carbocycles. The summed E-state index contributed by atoms with van der Waals surface area (Å²) in [5.41, 5.74) is 1.93. The number of nitrogens with one attached hydrogen (secondary N) is 3. The van der Waals surface area contributed by atoms with E-state index >= 15 is 0 Å². The van der Waals surface area contributed by atoms with Crippen LogP contribution in [-0.2, 0) is 32.1 Å². The summed E-state index contributed by atoms with van der Waals surface area (Å²) in [6, 6.07) is 6.35. The van der Waals surface area contributed by atoms with Crippen LogP contribution in [0.4, 0.5) is 0 Å². The number of aromatic nitrogens is 4. The Morgan fingerprint density at radius 2 is 1.91 bits per heavy atom. The van der Waals surface area contributed by atoms with Crippen molar-refractivity contribution < 1.29 is 19.1 Å². The molecule has 0 radical (unpaired) electrons. The van der Waals surface area contributed by atoms with Gasteiger partial charge < -0.3 is 25.3 Å². The van der Waals surface area contributed by atoms with Gasteiger partial charge in [0, 0.05) is 49.6 Å². The average Bonchev–Trinajstić information content (AvgIpc) is 3.56. The van der Waals surface area contributed by atoms with E-state index in [2.05, 4.69) is 34.6 Å². The summed E-state index contributed by atoms with van der Waals surface area (Å²) in [6.07, 6.45) is 3.54. The zero-order chi connectivity index (χ0) is 30.5. The van der Waals surface area contributed by atoms with Crippen LogP contribution < -0.4 is 10.6 Å². The van der Waals surface area contributed by atoms with Crippen LogP contribution in [0.1, 0.15) is 56.4 Å². The number of likely N-dealkylation sites (N-methyl/N-ethyl adjacent to an activating group) is 1. The number of aromatic amines is 1. The summed E-state index contributed by atoms with van der Waals surface area (Å²) in [7, 11) is 1.94. The highest BCUT2D eigenvalue weighted by Gasteiger charge is 2.32. The number of rotatable bonds is 5. The summed E-state index contributed by atoms with van der Waals surface area (Å²) in [5, 5.41) is 11.9. The normalized spacial score (nSPS) is 23.1. The van der Waals surface area contributed by atoms with Gasteiger partial charge in [-0.15, -0.1) is 0 Å². The fourth-order valence-corrected chi connectivity index (χ4v) is 6.00. The SMILES string of the molecule is Cc1nc2n(n1)CCN(C(=O)[C@@H]1COCCN1C)CCCC(=O)N[C@H](Cc1c[nH]c3ccccc13)C(=O)N[C@H]2CC(C)C. The number of carbonyl (C=O) groups excluding carboxylic acids is 3. The van der Waals surface area contributed by atoms with Crippen molar-refractivity contribution in [1.82, 2.24) is 40.2 Å². The molecule has 0 aliphatic carbocycles. The molecule has 0 spiro atoms. The van der Waals surface area contributed by atoms with Gasteiger partial charge in [-0.3, -0.25) is 19.3 Å². The van der Waals surface area contributed by atoms with Crippen molar-refractivity contribution >= 4 is 28.6 Å². The number of amides is 3. The van der Waals surface area contributed by atoms with Crippen LogP contribution in [-0.4, -0.2) is 99.2 Å². The molecule has 2 aliphatic heterocycles. The van der Waals surface area contributed by atoms with Crippen molar-refractivity contribution in [2.45, 2.75) is 71.1 Å². The van der Waals surface area contributed by atoms with Gasteiger partial charge in [0.2, 0.25) is 17.7 Å². The van der Waals surface area contributed by atoms with Crippen LogP contribution in [0.15, 0.2) is 30.5 Å². The van der Waals surface area contributed by atoms with Crippen LogP contribution in [0.3, 0.4) is 0 Å². The largest absolute Gasteiger partial charge is 0.378 e. The van der Waals surface area contributed by atoms with Crippen molar-refractivity contribution in [2.75, 3.05) is 39.9 Å². The average molecular weight is 593 g/mol. The maximum atomic E-state index is 13.9. The van der Waals surface area contributed by atoms with Crippen LogP contribution in [0.5, 0.6) is 0 Å². The highest BCUT2D eigenvalue weighted by atomic mass is 16.5. The summed E-state index contributed by atoms with van der Waals surface area (Å²) >= 11 is 0. The predicted molar refractivity (Wildman–Crippen MR) is 162 cm³/mol. The summed E-state index contributed by atoms with van der Waals surface area (Å²) in [4.78, 5) is 52.7. The molecule has 5 rings (SSSR count). The molecule has 0 saturated carbocycles. The first kappa shape index (κ1) is 30.7. The number of ether oxygens (including phenoxy) is 1. The number of fused-ring (bicyclic) bond motifs is 2. The van der Waals surface area contributed by atoms with Crippen LogP contribution in [0.25, 0.3) is 10.9 Å². The second-order valence-electron chi connectivity index (χ2n) is 12.1. The van der Waals surface area contributed by atoms with Gasteiger partial charge >= 0.3 is 0 Å². The fraction of sp³-hybridized carbons (Fsp3) is 0.581. The second-order valence-corrected chi connectivity index (χ2v) is 12.1. The summed E-state index contributed by atoms with van der Waals surface area (Å²) < 4.78 is 7.45. The van der Waals surface area contributed by atoms with E-state index in [1.165, 1.54) is 0 Å². The summed E-state index contributed by atoms with van der Waals surface area (Å²) in [5.74, 6) is 1.02. The van der Waals surface area contributed by atoms with E-state index in [9.17, 15) is 14.4 Å². The van der Waals surface area contributed by atoms with Crippen molar-refractivity contribution in [1.29, 1.82) is 0 Å². The minimum absolute atomic E-state index is 0.0164. The van der Waals surface area contributed by atoms with E-state index in [-0.39, 0.29) is 36.1 Å². The maximum absolute atomic E-state index is 13.9. The molecular formula is C31H44N8O4. The minimum Gasteiger partial charge on any atom is -0.378 e. The molecule has 4 heterocycles. The molecule has 3 atom stereocenters. The highest BCUT2D eigenvalue weighted by molar-refractivity contribution is 5.90. The topological polar surface area (TPSA) is 137 Å². The molecule has 0 bridgehead atoms. The van der Waals surface area contributed by atoms with E-state index in [1.807, 2.05) is 58.9 Å². The van der Waals surface area contributed by atoms with E-state index in [0.717, 1.165) is 16.5 Å². The Kier molecular flexibility index (Phi) is 9.76. The number of hydrogen-bond donors (Lipinski definition) is 3. The Hall–Kier alpha value is -3.77. The predicted octanol–water partition coefficient (Wildman–Crippen LogP) is 1.95. The Morgan fingerprint density at radius 3 is 2.70 bits per heavy atom. The standard InChI is InChI=1S/C31H44N8O4/c1-20(2)16-25-29-33-21(3)36-39(29)13-12-38(31(42)27-19-43-15-14-37(27)4)11-7-10-28(40)34-26(30(41)35-25)17-22-18-32-24-9-6-5-8-23(22)24/h5-6,8-9,18,20,25-27,32H,7,10-17,19H2,1-4H3,(H,34,40)(H,35,41)/t25-,26+,27-/m0/s1. The molecule has 12 heteroatoms. The second kappa shape index (κ2) is 13.7. The lowest BCUT2D eigenvalue weighted by Gasteiger charge is -2.35. The molecule has 3 N–H and O–H groups in total. The van der Waals surface area contributed by atoms with Gasteiger partial charge in [-0.2, -0.15) is 5.10 Å². The molecule has 2 aromatic heterocycles. The Labute approximate surface area is 252 Å². The van der Waals surface area contributed by atoms with Gasteiger partial charge in [-0.1, -0.05) is 32.0 Å². The minimum atomic E-state index is -0.785. The van der Waals surface area contributed by atoms with Crippen LogP contribution in [0, 0.1) is 12.8 Å². The zero-order valence-corrected chi connectivity index (χ0v) is 25.6. The van der Waals surface area contributed by atoms with Gasteiger partial charge in [0.1, 0.15) is 23.7 Å². The fourth-order valence-electron chi connectivity index (χ4n) is 6.00. The number of aryl methyl sites for hydroxylation is 1. The van der Waals surface area contributed by atoms with E-state index < -0.39 is 12.1 Å². The van der Waals surface area contributed by atoms with Gasteiger partial charge in [0.25, 0.3) is 0 Å². The smallest absolute Gasteiger partial charge is 0.243 e. The Balaban J connectivity index is 1.45. The van der Waals surface area contributed by atoms with Crippen LogP contribution in [0.2, 0.25) is 0 Å². The number of benzene rings is 1. The van der Waals surface area contributed by atoms with Crippen molar-refractivity contribution in [2.24, 2.45) is 5.92 Å². The molecule has 1 fully saturated rings. The van der Waals surface area contributed by atoms with Gasteiger partial charge in [-0.05, 0) is 44.4 Å². The molecular weight excluding hydrogens is 548 g/mol. The molecule has 232 valence electrons. The third-order valence-electron chi connectivity index (χ3n) is 8.30. The molecule has 1 saturated heterocycles. The first-order valence-corrected chi connectivity index (χ1v) is 15.3. The molecule has 12 nitrogen and oxygen atoms in total. The van der Waals surface area contributed by atoms with E-state index in [0.29, 0.717) is 70.3 Å². The first-order valence-electron chi connectivity index (χ1n) is 15.3. The highest BCUT2D eigenvalue weighted by Crippen LogP contribution is 2.23. The lowest BCUT2D eigenvalue weighted by atomic mass is 10.0. The number of nitrogens with zero attached hydrogens (tertiary/aromatic N) is 5. The number of carbonyl (C=O) groups is 3. The third kappa shape index (κ3) is 7.42. The molecule has 3 aromatic rings. The van der Waals surface area contributed by atoms with Crippen molar-refractivity contribution in [3.05, 3.63) is 47.7 Å².